The molecule has 0 aliphatic heterocycles. The lowest BCUT2D eigenvalue weighted by molar-refractivity contribution is 1.10. The molecular formula is C10H10ClN3S. The first-order chi connectivity index (χ1) is 7.27. The number of hydrogen-bond donors (Lipinski definition) is 1. The van der Waals surface area contributed by atoms with Crippen LogP contribution in [0.15, 0.2) is 23.8 Å². The number of thiophene rings is 1. The SMILES string of the molecule is Cc1ccsc1CNc1nccnc1Cl. The van der Waals surface area contributed by atoms with Crippen LogP contribution in [0.4, 0.5) is 5.82 Å². The zero-order valence-electron chi connectivity index (χ0n) is 8.20. The number of halogens is 1. The zero-order valence-corrected chi connectivity index (χ0v) is 9.77. The Hall–Kier alpha value is -1.13. The van der Waals surface area contributed by atoms with Gasteiger partial charge in [-0.15, -0.1) is 11.3 Å². The molecule has 0 radical (unpaired) electrons. The summed E-state index contributed by atoms with van der Waals surface area (Å²) in [6.45, 7) is 2.83. The van der Waals surface area contributed by atoms with E-state index >= 15 is 0 Å². The highest BCUT2D eigenvalue weighted by Gasteiger charge is 2.03. The zero-order chi connectivity index (χ0) is 10.7. The van der Waals surface area contributed by atoms with E-state index in [1.54, 1.807) is 23.7 Å². The van der Waals surface area contributed by atoms with Crippen molar-refractivity contribution in [3.63, 3.8) is 0 Å². The molecule has 0 aromatic carbocycles. The minimum Gasteiger partial charge on any atom is -0.363 e. The minimum absolute atomic E-state index is 0.409. The fourth-order valence-electron chi connectivity index (χ4n) is 1.19. The van der Waals surface area contributed by atoms with Crippen LogP contribution in [0.5, 0.6) is 0 Å². The summed E-state index contributed by atoms with van der Waals surface area (Å²) in [7, 11) is 0. The molecule has 2 aromatic heterocycles. The molecule has 5 heteroatoms. The van der Waals surface area contributed by atoms with Crippen molar-refractivity contribution in [2.75, 3.05) is 5.32 Å². The van der Waals surface area contributed by atoms with E-state index in [1.165, 1.54) is 10.4 Å². The van der Waals surface area contributed by atoms with Crippen LogP contribution in [0.25, 0.3) is 0 Å². The van der Waals surface area contributed by atoms with Gasteiger partial charge in [0.15, 0.2) is 11.0 Å². The predicted octanol–water partition coefficient (Wildman–Crippen LogP) is 3.11. The Labute approximate surface area is 97.2 Å². The second-order valence-electron chi connectivity index (χ2n) is 3.08. The maximum Gasteiger partial charge on any atom is 0.171 e. The molecule has 0 spiro atoms. The number of nitrogens with zero attached hydrogens (tertiary/aromatic N) is 2. The average Bonchev–Trinajstić information content (AvgIpc) is 2.63. The second-order valence-corrected chi connectivity index (χ2v) is 4.43. The van der Waals surface area contributed by atoms with E-state index in [4.69, 9.17) is 11.6 Å². The van der Waals surface area contributed by atoms with Gasteiger partial charge in [0.25, 0.3) is 0 Å². The van der Waals surface area contributed by atoms with Gasteiger partial charge in [-0.1, -0.05) is 11.6 Å². The van der Waals surface area contributed by atoms with E-state index in [0.717, 1.165) is 6.54 Å². The lowest BCUT2D eigenvalue weighted by Crippen LogP contribution is -2.01. The lowest BCUT2D eigenvalue weighted by Gasteiger charge is -2.05. The van der Waals surface area contributed by atoms with Crippen LogP contribution in [-0.2, 0) is 6.54 Å². The third-order valence-electron chi connectivity index (χ3n) is 2.04. The summed E-state index contributed by atoms with van der Waals surface area (Å²) in [6.07, 6.45) is 3.19. The number of anilines is 1. The van der Waals surface area contributed by atoms with Crippen LogP contribution in [-0.4, -0.2) is 9.97 Å². The van der Waals surface area contributed by atoms with E-state index < -0.39 is 0 Å². The maximum atomic E-state index is 5.87. The number of nitrogens with one attached hydrogen (secondary N) is 1. The van der Waals surface area contributed by atoms with Crippen LogP contribution in [0.3, 0.4) is 0 Å². The average molecular weight is 240 g/mol. The molecule has 0 unspecified atom stereocenters. The van der Waals surface area contributed by atoms with Gasteiger partial charge in [0.05, 0.1) is 6.54 Å². The van der Waals surface area contributed by atoms with Gasteiger partial charge in [0.1, 0.15) is 0 Å². The Morgan fingerprint density at radius 3 is 2.87 bits per heavy atom. The van der Waals surface area contributed by atoms with Crippen molar-refractivity contribution in [3.8, 4) is 0 Å². The Balaban J connectivity index is 2.06. The molecule has 2 rings (SSSR count). The highest BCUT2D eigenvalue weighted by molar-refractivity contribution is 7.10. The number of aromatic nitrogens is 2. The van der Waals surface area contributed by atoms with Gasteiger partial charge in [-0.3, -0.25) is 0 Å². The normalized spacial score (nSPS) is 10.3. The van der Waals surface area contributed by atoms with Crippen molar-refractivity contribution in [2.45, 2.75) is 13.5 Å². The Kier molecular flexibility index (Phi) is 3.18. The summed E-state index contributed by atoms with van der Waals surface area (Å²) in [6, 6.07) is 2.10. The molecule has 0 aliphatic rings. The Morgan fingerprint density at radius 2 is 2.20 bits per heavy atom. The van der Waals surface area contributed by atoms with Crippen LogP contribution in [0.2, 0.25) is 5.15 Å². The molecule has 0 atom stereocenters. The Bertz CT molecular complexity index is 455. The monoisotopic (exact) mass is 239 g/mol. The molecule has 2 heterocycles. The number of hydrogen-bond acceptors (Lipinski definition) is 4. The van der Waals surface area contributed by atoms with Crippen LogP contribution >= 0.6 is 22.9 Å². The van der Waals surface area contributed by atoms with Crippen molar-refractivity contribution < 1.29 is 0 Å². The molecule has 0 amide bonds. The predicted molar refractivity (Wildman–Crippen MR) is 63.4 cm³/mol. The molecular weight excluding hydrogens is 230 g/mol. The molecule has 0 saturated carbocycles. The quantitative estimate of drug-likeness (QED) is 0.895. The third-order valence-corrected chi connectivity index (χ3v) is 3.34. The maximum absolute atomic E-state index is 5.87. The molecule has 3 nitrogen and oxygen atoms in total. The van der Waals surface area contributed by atoms with Crippen molar-refractivity contribution in [3.05, 3.63) is 39.4 Å². The standard InChI is InChI=1S/C10H10ClN3S/c1-7-2-5-15-8(7)6-14-10-9(11)12-3-4-13-10/h2-5H,6H2,1H3,(H,13,14). The number of rotatable bonds is 3. The van der Waals surface area contributed by atoms with Gasteiger partial charge in [-0.25, -0.2) is 9.97 Å². The number of aryl methyl sites for hydroxylation is 1. The van der Waals surface area contributed by atoms with Gasteiger partial charge in [-0.2, -0.15) is 0 Å². The highest BCUT2D eigenvalue weighted by atomic mass is 35.5. The van der Waals surface area contributed by atoms with Gasteiger partial charge >= 0.3 is 0 Å². The van der Waals surface area contributed by atoms with Gasteiger partial charge in [-0.05, 0) is 23.9 Å². The molecule has 0 aliphatic carbocycles. The van der Waals surface area contributed by atoms with Crippen LogP contribution in [0.1, 0.15) is 10.4 Å². The van der Waals surface area contributed by atoms with E-state index in [9.17, 15) is 0 Å². The first kappa shape index (κ1) is 10.4. The summed E-state index contributed by atoms with van der Waals surface area (Å²) in [5.41, 5.74) is 1.28. The summed E-state index contributed by atoms with van der Waals surface area (Å²) in [5, 5.41) is 5.64. The summed E-state index contributed by atoms with van der Waals surface area (Å²) in [5.74, 6) is 0.631. The third kappa shape index (κ3) is 2.46. The van der Waals surface area contributed by atoms with Crippen molar-refractivity contribution in [2.24, 2.45) is 0 Å². The Morgan fingerprint density at radius 1 is 1.40 bits per heavy atom. The molecule has 0 fully saturated rings. The summed E-state index contributed by atoms with van der Waals surface area (Å²) < 4.78 is 0. The van der Waals surface area contributed by atoms with E-state index in [-0.39, 0.29) is 0 Å². The summed E-state index contributed by atoms with van der Waals surface area (Å²) >= 11 is 7.59. The topological polar surface area (TPSA) is 37.8 Å². The van der Waals surface area contributed by atoms with Gasteiger partial charge in [0.2, 0.25) is 0 Å². The molecule has 1 N–H and O–H groups in total. The van der Waals surface area contributed by atoms with Gasteiger partial charge < -0.3 is 5.32 Å². The second kappa shape index (κ2) is 4.59. The molecule has 15 heavy (non-hydrogen) atoms. The van der Waals surface area contributed by atoms with Gasteiger partial charge in [0, 0.05) is 17.3 Å². The molecule has 2 aromatic rings. The fraction of sp³-hybridized carbons (Fsp3) is 0.200. The minimum atomic E-state index is 0.409. The van der Waals surface area contributed by atoms with Crippen LogP contribution < -0.4 is 5.32 Å². The lowest BCUT2D eigenvalue weighted by atomic mass is 10.3. The smallest absolute Gasteiger partial charge is 0.171 e. The van der Waals surface area contributed by atoms with E-state index in [1.807, 2.05) is 0 Å². The van der Waals surface area contributed by atoms with Crippen LogP contribution in [0, 0.1) is 6.92 Å². The van der Waals surface area contributed by atoms with E-state index in [2.05, 4.69) is 33.7 Å². The van der Waals surface area contributed by atoms with Crippen molar-refractivity contribution >= 4 is 28.8 Å². The fourth-order valence-corrected chi connectivity index (χ4v) is 2.21. The van der Waals surface area contributed by atoms with Crippen molar-refractivity contribution in [1.29, 1.82) is 0 Å². The first-order valence-corrected chi connectivity index (χ1v) is 5.76. The van der Waals surface area contributed by atoms with E-state index in [0.29, 0.717) is 11.0 Å². The highest BCUT2D eigenvalue weighted by Crippen LogP contribution is 2.19. The molecule has 78 valence electrons. The molecule has 0 saturated heterocycles. The largest absolute Gasteiger partial charge is 0.363 e. The summed E-state index contributed by atoms with van der Waals surface area (Å²) in [4.78, 5) is 9.34. The molecule has 0 bridgehead atoms. The first-order valence-electron chi connectivity index (χ1n) is 4.50. The van der Waals surface area contributed by atoms with Crippen molar-refractivity contribution in [1.82, 2.24) is 9.97 Å².